The van der Waals surface area contributed by atoms with Crippen LogP contribution >= 0.6 is 11.3 Å². The number of nitrogens with zero attached hydrogens (tertiary/aromatic N) is 3. The molecule has 172 valence electrons. The lowest BCUT2D eigenvalue weighted by Crippen LogP contribution is -2.58. The summed E-state index contributed by atoms with van der Waals surface area (Å²) in [5.74, 6) is -2.95. The SMILES string of the molecule is CC(C)N1CC(C)(C(=O)O)n2cc(-c3ncc(Cc4ccc(F)cc4)s3)c(=O)c(O)c2C1=O. The Hall–Kier alpha value is -3.53. The van der Waals surface area contributed by atoms with Gasteiger partial charge in [-0.15, -0.1) is 11.3 Å². The predicted octanol–water partition coefficient (Wildman–Crippen LogP) is 3.07. The van der Waals surface area contributed by atoms with Crippen LogP contribution < -0.4 is 5.43 Å². The Morgan fingerprint density at radius 1 is 1.27 bits per heavy atom. The van der Waals surface area contributed by atoms with Gasteiger partial charge >= 0.3 is 5.97 Å². The van der Waals surface area contributed by atoms with E-state index in [0.29, 0.717) is 6.42 Å². The molecule has 4 rings (SSSR count). The molecule has 33 heavy (non-hydrogen) atoms. The molecule has 0 radical (unpaired) electrons. The first-order chi connectivity index (χ1) is 15.5. The quantitative estimate of drug-likeness (QED) is 0.591. The third kappa shape index (κ3) is 3.80. The van der Waals surface area contributed by atoms with Crippen molar-refractivity contribution in [2.75, 3.05) is 6.54 Å². The number of carbonyl (C=O) groups excluding carboxylic acids is 1. The molecule has 3 heterocycles. The summed E-state index contributed by atoms with van der Waals surface area (Å²) in [7, 11) is 0. The van der Waals surface area contributed by atoms with Crippen molar-refractivity contribution in [2.45, 2.75) is 38.8 Å². The monoisotopic (exact) mass is 471 g/mol. The van der Waals surface area contributed by atoms with Crippen molar-refractivity contribution in [2.24, 2.45) is 0 Å². The van der Waals surface area contributed by atoms with Crippen molar-refractivity contribution in [3.63, 3.8) is 0 Å². The van der Waals surface area contributed by atoms with E-state index in [2.05, 4.69) is 4.98 Å². The average Bonchev–Trinajstić information content (AvgIpc) is 3.22. The normalized spacial score (nSPS) is 18.0. The largest absolute Gasteiger partial charge is 0.503 e. The molecule has 1 unspecified atom stereocenters. The molecule has 0 aliphatic carbocycles. The topological polar surface area (TPSA) is 113 Å². The number of aromatic nitrogens is 2. The number of carboxylic acids is 1. The lowest BCUT2D eigenvalue weighted by atomic mass is 9.94. The molecule has 2 aromatic heterocycles. The lowest BCUT2D eigenvalue weighted by molar-refractivity contribution is -0.148. The van der Waals surface area contributed by atoms with Crippen molar-refractivity contribution in [3.05, 3.63) is 68.8 Å². The number of benzene rings is 1. The van der Waals surface area contributed by atoms with Crippen molar-refractivity contribution < 1.29 is 24.2 Å². The number of halogens is 1. The second-order valence-electron chi connectivity index (χ2n) is 8.48. The van der Waals surface area contributed by atoms with E-state index in [1.807, 2.05) is 0 Å². The Morgan fingerprint density at radius 2 is 1.94 bits per heavy atom. The zero-order valence-corrected chi connectivity index (χ0v) is 19.0. The number of aliphatic carboxylic acids is 1. The Morgan fingerprint density at radius 3 is 2.55 bits per heavy atom. The van der Waals surface area contributed by atoms with Crippen LogP contribution in [0.25, 0.3) is 10.6 Å². The predicted molar refractivity (Wildman–Crippen MR) is 120 cm³/mol. The molecular weight excluding hydrogens is 449 g/mol. The van der Waals surface area contributed by atoms with E-state index in [1.54, 1.807) is 32.2 Å². The van der Waals surface area contributed by atoms with Gasteiger partial charge in [0.1, 0.15) is 10.8 Å². The van der Waals surface area contributed by atoms with E-state index < -0.39 is 28.6 Å². The van der Waals surface area contributed by atoms with Crippen LogP contribution in [0.5, 0.6) is 5.75 Å². The van der Waals surface area contributed by atoms with Gasteiger partial charge in [0.25, 0.3) is 5.91 Å². The van der Waals surface area contributed by atoms with E-state index in [-0.39, 0.29) is 34.7 Å². The van der Waals surface area contributed by atoms with Crippen LogP contribution in [0.1, 0.15) is 41.7 Å². The van der Waals surface area contributed by atoms with Crippen molar-refractivity contribution in [3.8, 4) is 16.3 Å². The number of carbonyl (C=O) groups is 2. The Balaban J connectivity index is 1.81. The third-order valence-electron chi connectivity index (χ3n) is 5.82. The highest BCUT2D eigenvalue weighted by Gasteiger charge is 2.47. The van der Waals surface area contributed by atoms with E-state index in [0.717, 1.165) is 10.4 Å². The van der Waals surface area contributed by atoms with Gasteiger partial charge in [-0.3, -0.25) is 9.59 Å². The summed E-state index contributed by atoms with van der Waals surface area (Å²) in [6, 6.07) is 5.69. The zero-order chi connectivity index (χ0) is 24.1. The van der Waals surface area contributed by atoms with E-state index >= 15 is 0 Å². The minimum absolute atomic E-state index is 0.00452. The fourth-order valence-electron chi connectivity index (χ4n) is 3.87. The van der Waals surface area contributed by atoms with Gasteiger partial charge in [0.15, 0.2) is 17.0 Å². The van der Waals surface area contributed by atoms with Crippen LogP contribution in [-0.2, 0) is 16.8 Å². The highest BCUT2D eigenvalue weighted by molar-refractivity contribution is 7.15. The molecule has 3 aromatic rings. The van der Waals surface area contributed by atoms with E-state index in [1.165, 1.54) is 46.1 Å². The Labute approximate surface area is 192 Å². The summed E-state index contributed by atoms with van der Waals surface area (Å²) in [6.07, 6.45) is 3.33. The summed E-state index contributed by atoms with van der Waals surface area (Å²) in [4.78, 5) is 44.6. The summed E-state index contributed by atoms with van der Waals surface area (Å²) in [6.45, 7) is 4.78. The number of pyridine rings is 1. The first-order valence-corrected chi connectivity index (χ1v) is 11.1. The molecule has 2 N–H and O–H groups in total. The number of aromatic hydroxyl groups is 1. The van der Waals surface area contributed by atoms with Crippen LogP contribution in [0.3, 0.4) is 0 Å². The van der Waals surface area contributed by atoms with Crippen LogP contribution in [0.15, 0.2) is 41.5 Å². The standard InChI is InChI=1S/C23H22FN3O5S/c1-12(2)26-11-23(3,22(31)32)27-10-16(18(28)19(29)17(27)21(26)30)20-25-9-15(33-20)8-13-4-6-14(24)7-5-13/h4-7,9-10,12,29H,8,11H2,1-3H3,(H,31,32). The van der Waals surface area contributed by atoms with Crippen LogP contribution in [0.4, 0.5) is 4.39 Å². The number of hydrogen-bond donors (Lipinski definition) is 2. The number of rotatable bonds is 5. The Kier molecular flexibility index (Phi) is 5.57. The average molecular weight is 472 g/mol. The maximum absolute atomic E-state index is 13.1. The molecule has 1 atom stereocenters. The van der Waals surface area contributed by atoms with Crippen molar-refractivity contribution in [1.29, 1.82) is 0 Å². The number of amides is 1. The van der Waals surface area contributed by atoms with Gasteiger partial charge in [-0.05, 0) is 38.5 Å². The van der Waals surface area contributed by atoms with Gasteiger partial charge in [-0.1, -0.05) is 12.1 Å². The number of hydrogen-bond acceptors (Lipinski definition) is 6. The molecule has 1 aliphatic heterocycles. The van der Waals surface area contributed by atoms with Crippen LogP contribution in [-0.4, -0.2) is 49.1 Å². The summed E-state index contributed by atoms with van der Waals surface area (Å²) < 4.78 is 14.3. The first-order valence-electron chi connectivity index (χ1n) is 10.3. The number of fused-ring (bicyclic) bond motifs is 1. The van der Waals surface area contributed by atoms with Crippen molar-refractivity contribution >= 4 is 23.2 Å². The van der Waals surface area contributed by atoms with Gasteiger partial charge in [-0.2, -0.15) is 0 Å². The molecule has 0 saturated heterocycles. The molecule has 1 aliphatic rings. The molecule has 10 heteroatoms. The van der Waals surface area contributed by atoms with Crippen LogP contribution in [0.2, 0.25) is 0 Å². The van der Waals surface area contributed by atoms with E-state index in [4.69, 9.17) is 0 Å². The van der Waals surface area contributed by atoms with Gasteiger partial charge in [0.05, 0.1) is 12.1 Å². The van der Waals surface area contributed by atoms with Gasteiger partial charge in [0, 0.05) is 29.7 Å². The maximum Gasteiger partial charge on any atom is 0.331 e. The fraction of sp³-hybridized carbons (Fsp3) is 0.304. The third-order valence-corrected chi connectivity index (χ3v) is 6.85. The molecular formula is C23H22FN3O5S. The second-order valence-corrected chi connectivity index (χ2v) is 9.60. The van der Waals surface area contributed by atoms with Gasteiger partial charge in [0.2, 0.25) is 5.43 Å². The molecule has 0 fully saturated rings. The molecule has 0 bridgehead atoms. The molecule has 1 aromatic carbocycles. The molecule has 8 nitrogen and oxygen atoms in total. The second kappa shape index (κ2) is 8.11. The molecule has 0 spiro atoms. The lowest BCUT2D eigenvalue weighted by Gasteiger charge is -2.42. The van der Waals surface area contributed by atoms with E-state index in [9.17, 15) is 29.0 Å². The summed E-state index contributed by atoms with van der Waals surface area (Å²) >= 11 is 1.20. The fourth-order valence-corrected chi connectivity index (χ4v) is 4.82. The number of thiazole rings is 1. The summed E-state index contributed by atoms with van der Waals surface area (Å²) in [5.41, 5.74) is -1.88. The highest BCUT2D eigenvalue weighted by atomic mass is 32.1. The zero-order valence-electron chi connectivity index (χ0n) is 18.2. The smallest absolute Gasteiger partial charge is 0.331 e. The molecule has 1 amide bonds. The minimum Gasteiger partial charge on any atom is -0.503 e. The Bertz CT molecular complexity index is 1310. The minimum atomic E-state index is -1.60. The van der Waals surface area contributed by atoms with Gasteiger partial charge in [-0.25, -0.2) is 14.2 Å². The highest BCUT2D eigenvalue weighted by Crippen LogP contribution is 2.35. The first kappa shape index (κ1) is 22.7. The maximum atomic E-state index is 13.1. The summed E-state index contributed by atoms with van der Waals surface area (Å²) in [5, 5.41) is 21.0. The molecule has 0 saturated carbocycles. The number of carboxylic acid groups (broad SMARTS) is 1. The van der Waals surface area contributed by atoms with Crippen LogP contribution in [0, 0.1) is 5.82 Å². The van der Waals surface area contributed by atoms with Gasteiger partial charge < -0.3 is 19.7 Å². The van der Waals surface area contributed by atoms with Crippen molar-refractivity contribution in [1.82, 2.24) is 14.5 Å².